The minimum atomic E-state index is 0.311. The van der Waals surface area contributed by atoms with Gasteiger partial charge >= 0.3 is 0 Å². The van der Waals surface area contributed by atoms with E-state index in [2.05, 4.69) is 12.2 Å². The van der Waals surface area contributed by atoms with E-state index in [-0.39, 0.29) is 0 Å². The third kappa shape index (κ3) is 2.96. The zero-order valence-corrected chi connectivity index (χ0v) is 8.73. The van der Waals surface area contributed by atoms with Gasteiger partial charge in [0.05, 0.1) is 6.61 Å². The van der Waals surface area contributed by atoms with Gasteiger partial charge in [-0.25, -0.2) is 0 Å². The number of hydrogen-bond donors (Lipinski definition) is 2. The van der Waals surface area contributed by atoms with Crippen LogP contribution in [-0.4, -0.2) is 35.3 Å². The van der Waals surface area contributed by atoms with Crippen LogP contribution in [0.4, 0.5) is 0 Å². The lowest BCUT2D eigenvalue weighted by molar-refractivity contribution is 0.299. The lowest BCUT2D eigenvalue weighted by Crippen LogP contribution is -2.22. The van der Waals surface area contributed by atoms with E-state index in [0.717, 1.165) is 5.25 Å². The Bertz CT molecular complexity index is 132. The molecule has 2 N–H and O–H groups in total. The fourth-order valence-electron chi connectivity index (χ4n) is 1.70. The van der Waals surface area contributed by atoms with Crippen molar-refractivity contribution in [3.8, 4) is 0 Å². The van der Waals surface area contributed by atoms with Gasteiger partial charge in [0.25, 0.3) is 0 Å². The van der Waals surface area contributed by atoms with Crippen LogP contribution in [0.5, 0.6) is 0 Å². The summed E-state index contributed by atoms with van der Waals surface area (Å²) in [5.74, 6) is 0. The predicted octanol–water partition coefficient (Wildman–Crippen LogP) is 1.24. The molecular weight excluding hydrogens is 170 g/mol. The molecule has 1 saturated carbocycles. The maximum Gasteiger partial charge on any atom is 0.0547 e. The van der Waals surface area contributed by atoms with Gasteiger partial charge in [-0.15, -0.1) is 0 Å². The second kappa shape index (κ2) is 5.10. The molecule has 1 rings (SSSR count). The zero-order chi connectivity index (χ0) is 8.97. The fraction of sp³-hybridized carbons (Fsp3) is 1.00. The summed E-state index contributed by atoms with van der Waals surface area (Å²) < 4.78 is 0. The number of hydrogen-bond acceptors (Lipinski definition) is 3. The Balaban J connectivity index is 2.18. The van der Waals surface area contributed by atoms with Crippen molar-refractivity contribution < 1.29 is 5.11 Å². The molecule has 3 unspecified atom stereocenters. The summed E-state index contributed by atoms with van der Waals surface area (Å²) in [6.45, 7) is 2.41. The van der Waals surface area contributed by atoms with E-state index in [1.165, 1.54) is 19.3 Å². The Morgan fingerprint density at radius 1 is 1.58 bits per heavy atom. The summed E-state index contributed by atoms with van der Waals surface area (Å²) >= 11 is 1.94. The quantitative estimate of drug-likeness (QED) is 0.698. The number of rotatable bonds is 4. The Labute approximate surface area is 79.1 Å². The van der Waals surface area contributed by atoms with Crippen LogP contribution in [0.1, 0.15) is 26.2 Å². The molecule has 0 amide bonds. The molecule has 12 heavy (non-hydrogen) atoms. The molecular formula is C9H19NOS. The van der Waals surface area contributed by atoms with Crippen LogP contribution in [0.15, 0.2) is 0 Å². The minimum absolute atomic E-state index is 0.311. The first kappa shape index (κ1) is 10.4. The van der Waals surface area contributed by atoms with Crippen LogP contribution in [-0.2, 0) is 0 Å². The van der Waals surface area contributed by atoms with Crippen molar-refractivity contribution in [3.05, 3.63) is 0 Å². The van der Waals surface area contributed by atoms with Crippen molar-refractivity contribution in [1.82, 2.24) is 5.32 Å². The first-order valence-corrected chi connectivity index (χ1v) is 5.64. The fourth-order valence-corrected chi connectivity index (χ4v) is 3.06. The van der Waals surface area contributed by atoms with E-state index < -0.39 is 0 Å². The predicted molar refractivity (Wildman–Crippen MR) is 54.6 cm³/mol. The van der Waals surface area contributed by atoms with E-state index in [1.54, 1.807) is 0 Å². The molecule has 3 heteroatoms. The van der Waals surface area contributed by atoms with Crippen molar-refractivity contribution in [2.75, 3.05) is 13.7 Å². The van der Waals surface area contributed by atoms with Crippen LogP contribution in [0.25, 0.3) is 0 Å². The van der Waals surface area contributed by atoms with Gasteiger partial charge in [0.2, 0.25) is 0 Å². The van der Waals surface area contributed by atoms with E-state index in [1.807, 2.05) is 18.8 Å². The van der Waals surface area contributed by atoms with Crippen molar-refractivity contribution in [2.24, 2.45) is 0 Å². The van der Waals surface area contributed by atoms with E-state index >= 15 is 0 Å². The number of thioether (sulfide) groups is 1. The standard InChI is InChI=1S/C9H19NOS/c1-7(6-11)12-9-4-3-8(5-9)10-2/h7-11H,3-6H2,1-2H3. The third-order valence-corrected chi connectivity index (χ3v) is 3.90. The van der Waals surface area contributed by atoms with Gasteiger partial charge in [0.15, 0.2) is 0 Å². The molecule has 0 aromatic heterocycles. The molecule has 2 nitrogen and oxygen atoms in total. The molecule has 0 bridgehead atoms. The maximum atomic E-state index is 8.88. The molecule has 1 aliphatic rings. The summed E-state index contributed by atoms with van der Waals surface area (Å²) in [4.78, 5) is 0. The molecule has 0 aromatic rings. The van der Waals surface area contributed by atoms with Gasteiger partial charge in [-0.2, -0.15) is 11.8 Å². The largest absolute Gasteiger partial charge is 0.395 e. The van der Waals surface area contributed by atoms with Gasteiger partial charge in [0.1, 0.15) is 0 Å². The average Bonchev–Trinajstić information content (AvgIpc) is 2.52. The number of aliphatic hydroxyl groups excluding tert-OH is 1. The summed E-state index contributed by atoms with van der Waals surface area (Å²) in [5.41, 5.74) is 0. The van der Waals surface area contributed by atoms with Crippen molar-refractivity contribution in [1.29, 1.82) is 0 Å². The average molecular weight is 189 g/mol. The van der Waals surface area contributed by atoms with Crippen molar-refractivity contribution in [3.63, 3.8) is 0 Å². The molecule has 0 heterocycles. The van der Waals surface area contributed by atoms with Crippen LogP contribution in [0.2, 0.25) is 0 Å². The van der Waals surface area contributed by atoms with Gasteiger partial charge in [-0.1, -0.05) is 6.92 Å². The molecule has 0 aromatic carbocycles. The monoisotopic (exact) mass is 189 g/mol. The molecule has 3 atom stereocenters. The summed E-state index contributed by atoms with van der Waals surface area (Å²) in [5, 5.41) is 13.4. The van der Waals surface area contributed by atoms with Gasteiger partial charge in [-0.05, 0) is 26.3 Å². The maximum absolute atomic E-state index is 8.88. The van der Waals surface area contributed by atoms with Crippen LogP contribution in [0, 0.1) is 0 Å². The molecule has 1 aliphatic carbocycles. The Morgan fingerprint density at radius 2 is 2.33 bits per heavy atom. The summed E-state index contributed by atoms with van der Waals surface area (Å²) in [7, 11) is 2.03. The Kier molecular flexibility index (Phi) is 4.40. The third-order valence-electron chi connectivity index (χ3n) is 2.47. The first-order chi connectivity index (χ1) is 5.76. The first-order valence-electron chi connectivity index (χ1n) is 4.69. The molecule has 0 radical (unpaired) electrons. The topological polar surface area (TPSA) is 32.3 Å². The van der Waals surface area contributed by atoms with Crippen molar-refractivity contribution >= 4 is 11.8 Å². The summed E-state index contributed by atoms with van der Waals surface area (Å²) in [6.07, 6.45) is 3.87. The lowest BCUT2D eigenvalue weighted by Gasteiger charge is -2.14. The molecule has 0 aliphatic heterocycles. The smallest absolute Gasteiger partial charge is 0.0547 e. The van der Waals surface area contributed by atoms with E-state index in [0.29, 0.717) is 17.9 Å². The Morgan fingerprint density at radius 3 is 2.83 bits per heavy atom. The Hall–Kier alpha value is 0.270. The van der Waals surface area contributed by atoms with E-state index in [4.69, 9.17) is 5.11 Å². The van der Waals surface area contributed by atoms with Gasteiger partial charge < -0.3 is 10.4 Å². The van der Waals surface area contributed by atoms with E-state index in [9.17, 15) is 0 Å². The number of aliphatic hydroxyl groups is 1. The SMILES string of the molecule is CNC1CCC(SC(C)CO)C1. The highest BCUT2D eigenvalue weighted by Crippen LogP contribution is 2.32. The van der Waals surface area contributed by atoms with Gasteiger partial charge in [0, 0.05) is 16.5 Å². The normalized spacial score (nSPS) is 32.2. The van der Waals surface area contributed by atoms with Crippen LogP contribution >= 0.6 is 11.8 Å². The van der Waals surface area contributed by atoms with Crippen LogP contribution in [0.3, 0.4) is 0 Å². The highest BCUT2D eigenvalue weighted by molar-refractivity contribution is 8.00. The van der Waals surface area contributed by atoms with Crippen molar-refractivity contribution in [2.45, 2.75) is 42.7 Å². The highest BCUT2D eigenvalue weighted by Gasteiger charge is 2.24. The zero-order valence-electron chi connectivity index (χ0n) is 7.92. The second-order valence-electron chi connectivity index (χ2n) is 3.55. The second-order valence-corrected chi connectivity index (χ2v) is 5.29. The van der Waals surface area contributed by atoms with Gasteiger partial charge in [-0.3, -0.25) is 0 Å². The molecule has 1 fully saturated rings. The lowest BCUT2D eigenvalue weighted by atomic mass is 10.3. The van der Waals surface area contributed by atoms with Crippen LogP contribution < -0.4 is 5.32 Å². The molecule has 0 saturated heterocycles. The molecule has 0 spiro atoms. The highest BCUT2D eigenvalue weighted by atomic mass is 32.2. The number of nitrogens with one attached hydrogen (secondary N) is 1. The summed E-state index contributed by atoms with van der Waals surface area (Å²) in [6, 6.07) is 0.716. The molecule has 72 valence electrons. The minimum Gasteiger partial charge on any atom is -0.395 e.